The maximum Gasteiger partial charge on any atom is 0.352 e. The maximum absolute atomic E-state index is 13.3. The van der Waals surface area contributed by atoms with Crippen LogP contribution >= 0.6 is 15.9 Å². The Balaban J connectivity index is 2.62. The van der Waals surface area contributed by atoms with Crippen molar-refractivity contribution in [1.29, 1.82) is 0 Å². The summed E-state index contributed by atoms with van der Waals surface area (Å²) in [6.45, 7) is 3.82. The van der Waals surface area contributed by atoms with Crippen LogP contribution in [-0.2, 0) is 0 Å². The molecule has 100 valence electrons. The number of carbonyl (C=O) groups is 1. The van der Waals surface area contributed by atoms with Crippen LogP contribution in [0.5, 0.6) is 0 Å². The van der Waals surface area contributed by atoms with E-state index in [1.54, 1.807) is 28.8 Å². The number of rotatable bonds is 3. The van der Waals surface area contributed by atoms with Crippen LogP contribution in [0.15, 0.2) is 34.8 Å². The molecular weight excluding hydrogens is 313 g/mol. The third kappa shape index (κ3) is 2.56. The van der Waals surface area contributed by atoms with Gasteiger partial charge in [-0.3, -0.25) is 0 Å². The summed E-state index contributed by atoms with van der Waals surface area (Å²) < 4.78 is 15.3. The summed E-state index contributed by atoms with van der Waals surface area (Å²) >= 11 is 3.14. The molecule has 0 radical (unpaired) electrons. The van der Waals surface area contributed by atoms with E-state index in [2.05, 4.69) is 15.9 Å². The zero-order valence-electron chi connectivity index (χ0n) is 10.5. The molecule has 0 saturated carbocycles. The van der Waals surface area contributed by atoms with Gasteiger partial charge in [0.1, 0.15) is 11.5 Å². The monoisotopic (exact) mass is 325 g/mol. The Labute approximate surface area is 118 Å². The van der Waals surface area contributed by atoms with Crippen LogP contribution in [0.1, 0.15) is 30.4 Å². The summed E-state index contributed by atoms with van der Waals surface area (Å²) in [6, 6.07) is 7.95. The molecule has 3 nitrogen and oxygen atoms in total. The standard InChI is InChI=1S/C14H13BrFNO2/c1-8(2)17-12(5-6-13(17)14(18)19)9-3-4-11(16)10(15)7-9/h3-8H,1-2H3,(H,18,19). The third-order valence-electron chi connectivity index (χ3n) is 2.87. The third-order valence-corrected chi connectivity index (χ3v) is 3.48. The highest BCUT2D eigenvalue weighted by Crippen LogP contribution is 2.29. The Bertz CT molecular complexity index is 634. The Morgan fingerprint density at radius 3 is 2.53 bits per heavy atom. The van der Waals surface area contributed by atoms with Crippen molar-refractivity contribution in [3.63, 3.8) is 0 Å². The van der Waals surface area contributed by atoms with Gasteiger partial charge in [-0.05, 0) is 65.7 Å². The first-order valence-corrected chi connectivity index (χ1v) is 6.61. The first-order chi connectivity index (χ1) is 8.91. The number of carboxylic acid groups (broad SMARTS) is 1. The van der Waals surface area contributed by atoms with Gasteiger partial charge in [-0.15, -0.1) is 0 Å². The molecule has 1 aromatic carbocycles. The molecule has 0 spiro atoms. The largest absolute Gasteiger partial charge is 0.477 e. The van der Waals surface area contributed by atoms with Crippen LogP contribution in [0.2, 0.25) is 0 Å². The van der Waals surface area contributed by atoms with Gasteiger partial charge in [-0.2, -0.15) is 0 Å². The normalized spacial score (nSPS) is 11.0. The second-order valence-electron chi connectivity index (χ2n) is 4.50. The number of carboxylic acids is 1. The summed E-state index contributed by atoms with van der Waals surface area (Å²) in [6.07, 6.45) is 0. The van der Waals surface area contributed by atoms with Crippen molar-refractivity contribution in [2.24, 2.45) is 0 Å². The van der Waals surface area contributed by atoms with Crippen molar-refractivity contribution in [3.8, 4) is 11.3 Å². The van der Waals surface area contributed by atoms with Crippen molar-refractivity contribution >= 4 is 21.9 Å². The second-order valence-corrected chi connectivity index (χ2v) is 5.36. The summed E-state index contributed by atoms with van der Waals surface area (Å²) in [4.78, 5) is 11.2. The molecule has 0 aliphatic carbocycles. The van der Waals surface area contributed by atoms with Gasteiger partial charge in [0, 0.05) is 11.7 Å². The van der Waals surface area contributed by atoms with Crippen molar-refractivity contribution in [2.75, 3.05) is 0 Å². The van der Waals surface area contributed by atoms with Crippen LogP contribution in [-0.4, -0.2) is 15.6 Å². The van der Waals surface area contributed by atoms with Gasteiger partial charge in [0.05, 0.1) is 4.47 Å². The van der Waals surface area contributed by atoms with Crippen molar-refractivity contribution in [1.82, 2.24) is 4.57 Å². The molecule has 1 N–H and O–H groups in total. The second kappa shape index (κ2) is 5.17. The molecule has 0 aliphatic rings. The zero-order chi connectivity index (χ0) is 14.2. The fourth-order valence-corrected chi connectivity index (χ4v) is 2.45. The lowest BCUT2D eigenvalue weighted by atomic mass is 10.1. The van der Waals surface area contributed by atoms with Crippen LogP contribution in [0.4, 0.5) is 4.39 Å². The predicted molar refractivity (Wildman–Crippen MR) is 74.9 cm³/mol. The number of hydrogen-bond donors (Lipinski definition) is 1. The summed E-state index contributed by atoms with van der Waals surface area (Å²) in [7, 11) is 0. The van der Waals surface area contributed by atoms with Crippen LogP contribution in [0, 0.1) is 5.82 Å². The molecule has 0 amide bonds. The fourth-order valence-electron chi connectivity index (χ4n) is 2.07. The Morgan fingerprint density at radius 2 is 2.00 bits per heavy atom. The number of nitrogens with zero attached hydrogens (tertiary/aromatic N) is 1. The minimum absolute atomic E-state index is 0.0000661. The van der Waals surface area contributed by atoms with E-state index in [4.69, 9.17) is 0 Å². The summed E-state index contributed by atoms with van der Waals surface area (Å²) in [5, 5.41) is 9.18. The Hall–Kier alpha value is -1.62. The molecule has 0 unspecified atom stereocenters. The predicted octanol–water partition coefficient (Wildman–Crippen LogP) is 4.34. The molecule has 2 rings (SSSR count). The van der Waals surface area contributed by atoms with E-state index in [0.717, 1.165) is 11.3 Å². The van der Waals surface area contributed by atoms with Gasteiger partial charge in [0.15, 0.2) is 0 Å². The minimum Gasteiger partial charge on any atom is -0.477 e. The highest BCUT2D eigenvalue weighted by molar-refractivity contribution is 9.10. The quantitative estimate of drug-likeness (QED) is 0.912. The molecule has 19 heavy (non-hydrogen) atoms. The van der Waals surface area contributed by atoms with E-state index in [9.17, 15) is 14.3 Å². The van der Waals surface area contributed by atoms with E-state index >= 15 is 0 Å². The molecular formula is C14H13BrFNO2. The van der Waals surface area contributed by atoms with Gasteiger partial charge in [-0.25, -0.2) is 9.18 Å². The molecule has 0 fully saturated rings. The van der Waals surface area contributed by atoms with Crippen molar-refractivity contribution < 1.29 is 14.3 Å². The first kappa shape index (κ1) is 13.8. The molecule has 0 bridgehead atoms. The van der Waals surface area contributed by atoms with Gasteiger partial charge < -0.3 is 9.67 Å². The van der Waals surface area contributed by atoms with E-state index in [1.165, 1.54) is 6.07 Å². The number of aromatic carboxylic acids is 1. The average molecular weight is 326 g/mol. The average Bonchev–Trinajstić information content (AvgIpc) is 2.77. The number of halogens is 2. The topological polar surface area (TPSA) is 42.2 Å². The fraction of sp³-hybridized carbons (Fsp3) is 0.214. The zero-order valence-corrected chi connectivity index (χ0v) is 12.1. The highest BCUT2D eigenvalue weighted by atomic mass is 79.9. The molecule has 1 heterocycles. The lowest BCUT2D eigenvalue weighted by Crippen LogP contribution is -2.11. The van der Waals surface area contributed by atoms with Gasteiger partial charge in [-0.1, -0.05) is 0 Å². The van der Waals surface area contributed by atoms with E-state index in [1.807, 2.05) is 13.8 Å². The van der Waals surface area contributed by atoms with Crippen LogP contribution in [0.25, 0.3) is 11.3 Å². The lowest BCUT2D eigenvalue weighted by molar-refractivity contribution is 0.0683. The smallest absolute Gasteiger partial charge is 0.352 e. The van der Waals surface area contributed by atoms with E-state index in [0.29, 0.717) is 4.47 Å². The molecule has 1 aromatic heterocycles. The SMILES string of the molecule is CC(C)n1c(C(=O)O)ccc1-c1ccc(F)c(Br)c1. The lowest BCUT2D eigenvalue weighted by Gasteiger charge is -2.15. The number of aromatic nitrogens is 1. The highest BCUT2D eigenvalue weighted by Gasteiger charge is 2.17. The van der Waals surface area contributed by atoms with Gasteiger partial charge >= 0.3 is 5.97 Å². The minimum atomic E-state index is -0.971. The van der Waals surface area contributed by atoms with E-state index in [-0.39, 0.29) is 17.6 Å². The summed E-state index contributed by atoms with van der Waals surface area (Å²) in [5.41, 5.74) is 1.76. The maximum atomic E-state index is 13.3. The Kier molecular flexibility index (Phi) is 3.75. The number of hydrogen-bond acceptors (Lipinski definition) is 1. The molecule has 0 aliphatic heterocycles. The molecule has 0 atom stereocenters. The molecule has 5 heteroatoms. The van der Waals surface area contributed by atoms with Crippen LogP contribution < -0.4 is 0 Å². The van der Waals surface area contributed by atoms with Crippen LogP contribution in [0.3, 0.4) is 0 Å². The van der Waals surface area contributed by atoms with Gasteiger partial charge in [0.25, 0.3) is 0 Å². The Morgan fingerprint density at radius 1 is 1.32 bits per heavy atom. The van der Waals surface area contributed by atoms with E-state index < -0.39 is 5.97 Å². The van der Waals surface area contributed by atoms with Gasteiger partial charge in [0.2, 0.25) is 0 Å². The van der Waals surface area contributed by atoms with Crippen molar-refractivity contribution in [2.45, 2.75) is 19.9 Å². The summed E-state index contributed by atoms with van der Waals surface area (Å²) in [5.74, 6) is -1.31. The first-order valence-electron chi connectivity index (χ1n) is 5.81. The molecule has 0 saturated heterocycles. The number of benzene rings is 1. The van der Waals surface area contributed by atoms with Crippen molar-refractivity contribution in [3.05, 3.63) is 46.3 Å². The molecule has 2 aromatic rings.